The molecule has 0 saturated carbocycles. The number of hydrogen-bond acceptors (Lipinski definition) is 2. The molecule has 0 spiro atoms. The van der Waals surface area contributed by atoms with Gasteiger partial charge in [-0.1, -0.05) is 13.8 Å². The first-order valence-electron chi connectivity index (χ1n) is 4.28. The van der Waals surface area contributed by atoms with Crippen LogP contribution in [0, 0.1) is 0 Å². The van der Waals surface area contributed by atoms with Gasteiger partial charge in [-0.15, -0.1) is 11.6 Å². The fraction of sp³-hybridized carbons (Fsp3) is 1.00. The van der Waals surface area contributed by atoms with Gasteiger partial charge in [0.15, 0.2) is 0 Å². The highest BCUT2D eigenvalue weighted by Gasteiger charge is 2.23. The van der Waals surface area contributed by atoms with E-state index in [9.17, 15) is 8.42 Å². The van der Waals surface area contributed by atoms with E-state index in [4.69, 9.17) is 11.6 Å². The summed E-state index contributed by atoms with van der Waals surface area (Å²) in [5.41, 5.74) is 0. The van der Waals surface area contributed by atoms with E-state index in [0.717, 1.165) is 0 Å². The molecule has 0 aliphatic rings. The zero-order valence-electron chi connectivity index (χ0n) is 8.33. The first-order chi connectivity index (χ1) is 6.00. The number of halogens is 1. The van der Waals surface area contributed by atoms with Crippen molar-refractivity contribution in [2.45, 2.75) is 13.8 Å². The molecule has 0 atom stereocenters. The maximum Gasteiger partial charge on any atom is 0.281 e. The molecule has 0 radical (unpaired) electrons. The summed E-state index contributed by atoms with van der Waals surface area (Å²) in [4.78, 5) is 0. The Morgan fingerprint density at radius 2 is 1.69 bits per heavy atom. The lowest BCUT2D eigenvalue weighted by molar-refractivity contribution is 0.385. The first kappa shape index (κ1) is 13.2. The summed E-state index contributed by atoms with van der Waals surface area (Å²) >= 11 is 5.47. The average molecular weight is 229 g/mol. The number of rotatable bonds is 6. The van der Waals surface area contributed by atoms with Crippen molar-refractivity contribution in [3.05, 3.63) is 0 Å². The zero-order valence-corrected chi connectivity index (χ0v) is 9.90. The minimum atomic E-state index is -3.28. The van der Waals surface area contributed by atoms with Gasteiger partial charge < -0.3 is 0 Å². The van der Waals surface area contributed by atoms with Crippen molar-refractivity contribution in [2.75, 3.05) is 32.6 Å². The van der Waals surface area contributed by atoms with E-state index < -0.39 is 10.2 Å². The van der Waals surface area contributed by atoms with Crippen LogP contribution < -0.4 is 0 Å². The summed E-state index contributed by atoms with van der Waals surface area (Å²) in [6, 6.07) is 0. The van der Waals surface area contributed by atoms with Crippen molar-refractivity contribution in [3.8, 4) is 0 Å². The lowest BCUT2D eigenvalue weighted by atomic mass is 10.7. The lowest BCUT2D eigenvalue weighted by Crippen LogP contribution is -2.42. The maximum atomic E-state index is 11.7. The van der Waals surface area contributed by atoms with Gasteiger partial charge in [-0.3, -0.25) is 0 Å². The van der Waals surface area contributed by atoms with Crippen LogP contribution in [-0.4, -0.2) is 49.6 Å². The van der Waals surface area contributed by atoms with Gasteiger partial charge in [-0.2, -0.15) is 17.0 Å². The van der Waals surface area contributed by atoms with Crippen LogP contribution >= 0.6 is 11.6 Å². The highest BCUT2D eigenvalue weighted by molar-refractivity contribution is 7.86. The van der Waals surface area contributed by atoms with Crippen LogP contribution in [0.3, 0.4) is 0 Å². The molecule has 4 nitrogen and oxygen atoms in total. The lowest BCUT2D eigenvalue weighted by Gasteiger charge is -2.24. The van der Waals surface area contributed by atoms with Gasteiger partial charge >= 0.3 is 0 Å². The number of alkyl halides is 1. The molecule has 0 bridgehead atoms. The van der Waals surface area contributed by atoms with E-state index in [-0.39, 0.29) is 0 Å². The Hall–Kier alpha value is 0.160. The van der Waals surface area contributed by atoms with Crippen molar-refractivity contribution < 1.29 is 8.42 Å². The smallest absolute Gasteiger partial charge is 0.195 e. The third-order valence-corrected chi connectivity index (χ3v) is 4.13. The number of hydrogen-bond donors (Lipinski definition) is 0. The molecule has 0 aromatic rings. The van der Waals surface area contributed by atoms with Crippen LogP contribution in [0.5, 0.6) is 0 Å². The molecule has 0 rings (SSSR count). The van der Waals surface area contributed by atoms with E-state index in [1.165, 1.54) is 15.7 Å². The molecule has 0 fully saturated rings. The summed E-state index contributed by atoms with van der Waals surface area (Å²) in [5, 5.41) is 0. The van der Waals surface area contributed by atoms with Crippen molar-refractivity contribution >= 4 is 21.8 Å². The summed E-state index contributed by atoms with van der Waals surface area (Å²) in [7, 11) is -1.74. The molecule has 0 amide bonds. The topological polar surface area (TPSA) is 40.6 Å². The summed E-state index contributed by atoms with van der Waals surface area (Å²) in [6.07, 6.45) is 0. The molecular weight excluding hydrogens is 212 g/mol. The van der Waals surface area contributed by atoms with Crippen LogP contribution in [0.25, 0.3) is 0 Å². The summed E-state index contributed by atoms with van der Waals surface area (Å²) in [6.45, 7) is 4.96. The second-order valence-electron chi connectivity index (χ2n) is 2.60. The normalized spacial score (nSPS) is 12.8. The predicted octanol–water partition coefficient (Wildman–Crippen LogP) is 0.744. The highest BCUT2D eigenvalue weighted by atomic mass is 35.5. The third-order valence-electron chi connectivity index (χ3n) is 1.82. The Balaban J connectivity index is 4.53. The van der Waals surface area contributed by atoms with Crippen LogP contribution in [0.1, 0.15) is 13.8 Å². The second-order valence-corrected chi connectivity index (χ2v) is 5.02. The molecule has 0 heterocycles. The van der Waals surface area contributed by atoms with Gasteiger partial charge in [0, 0.05) is 32.6 Å². The minimum absolute atomic E-state index is 0.316. The number of nitrogens with zero attached hydrogens (tertiary/aromatic N) is 2. The highest BCUT2D eigenvalue weighted by Crippen LogP contribution is 2.05. The summed E-state index contributed by atoms with van der Waals surface area (Å²) in [5.74, 6) is 0.316. The van der Waals surface area contributed by atoms with Crippen LogP contribution in [-0.2, 0) is 10.2 Å². The molecule has 0 aromatic carbocycles. The zero-order chi connectivity index (χ0) is 10.5. The predicted molar refractivity (Wildman–Crippen MR) is 55.2 cm³/mol. The van der Waals surface area contributed by atoms with E-state index in [0.29, 0.717) is 25.5 Å². The third kappa shape index (κ3) is 3.42. The van der Waals surface area contributed by atoms with Gasteiger partial charge in [-0.05, 0) is 0 Å². The Morgan fingerprint density at radius 3 is 2.00 bits per heavy atom. The fourth-order valence-corrected chi connectivity index (χ4v) is 2.70. The van der Waals surface area contributed by atoms with Gasteiger partial charge in [-0.25, -0.2) is 0 Å². The van der Waals surface area contributed by atoms with Crippen LogP contribution in [0.15, 0.2) is 0 Å². The molecule has 0 N–H and O–H groups in total. The standard InChI is InChI=1S/C7H17ClN2O2S/c1-4-10(5-2)13(11,12)9(3)7-6-8/h4-7H2,1-3H3. The maximum absolute atomic E-state index is 11.7. The first-order valence-corrected chi connectivity index (χ1v) is 6.21. The van der Waals surface area contributed by atoms with Gasteiger partial charge in [0.05, 0.1) is 0 Å². The van der Waals surface area contributed by atoms with E-state index in [1.807, 2.05) is 13.8 Å². The van der Waals surface area contributed by atoms with Crippen molar-refractivity contribution in [1.29, 1.82) is 0 Å². The Kier molecular flexibility index (Phi) is 5.87. The largest absolute Gasteiger partial charge is 0.281 e. The van der Waals surface area contributed by atoms with E-state index in [1.54, 1.807) is 0 Å². The van der Waals surface area contributed by atoms with Gasteiger partial charge in [0.2, 0.25) is 0 Å². The molecule has 0 aliphatic carbocycles. The van der Waals surface area contributed by atoms with Gasteiger partial charge in [0.1, 0.15) is 0 Å². The Bertz CT molecular complexity index is 227. The monoisotopic (exact) mass is 228 g/mol. The SMILES string of the molecule is CCN(CC)S(=O)(=O)N(C)CCCl. The molecule has 0 saturated heterocycles. The summed E-state index contributed by atoms with van der Waals surface area (Å²) < 4.78 is 26.0. The molecule has 80 valence electrons. The van der Waals surface area contributed by atoms with Crippen LogP contribution in [0.4, 0.5) is 0 Å². The van der Waals surface area contributed by atoms with Crippen molar-refractivity contribution in [2.24, 2.45) is 0 Å². The fourth-order valence-electron chi connectivity index (χ4n) is 0.981. The quantitative estimate of drug-likeness (QED) is 0.630. The Morgan fingerprint density at radius 1 is 1.23 bits per heavy atom. The molecule has 13 heavy (non-hydrogen) atoms. The van der Waals surface area contributed by atoms with Crippen molar-refractivity contribution in [1.82, 2.24) is 8.61 Å². The molecule has 0 unspecified atom stereocenters. The van der Waals surface area contributed by atoms with Crippen molar-refractivity contribution in [3.63, 3.8) is 0 Å². The Labute approximate surface area is 85.6 Å². The van der Waals surface area contributed by atoms with E-state index >= 15 is 0 Å². The average Bonchev–Trinajstić information content (AvgIpc) is 2.06. The van der Waals surface area contributed by atoms with E-state index in [2.05, 4.69) is 0 Å². The molecule has 0 aromatic heterocycles. The molecule has 0 aliphatic heterocycles. The van der Waals surface area contributed by atoms with Gasteiger partial charge in [0.25, 0.3) is 10.2 Å². The van der Waals surface area contributed by atoms with Crippen LogP contribution in [0.2, 0.25) is 0 Å². The minimum Gasteiger partial charge on any atom is -0.195 e. The second kappa shape index (κ2) is 5.80. The molecular formula is C7H17ClN2O2S. The molecule has 6 heteroatoms.